The number of nitro groups is 1. The summed E-state index contributed by atoms with van der Waals surface area (Å²) >= 11 is 0. The number of nitrogens with zero attached hydrogens (tertiary/aromatic N) is 3. The summed E-state index contributed by atoms with van der Waals surface area (Å²) in [6, 6.07) is 11.3. The van der Waals surface area contributed by atoms with Crippen LogP contribution in [0.5, 0.6) is 17.2 Å². The Balaban J connectivity index is 2.15. The third kappa shape index (κ3) is 3.63. The predicted molar refractivity (Wildman–Crippen MR) is 104 cm³/mol. The largest absolute Gasteiger partial charge is 0.493 e. The highest BCUT2D eigenvalue weighted by atomic mass is 16.6. The number of hydrogen-bond donors (Lipinski definition) is 1. The Morgan fingerprint density at radius 3 is 2.04 bits per heavy atom. The van der Waals surface area contributed by atoms with Gasteiger partial charge in [-0.15, -0.1) is 0 Å². The van der Waals surface area contributed by atoms with Gasteiger partial charge in [0.25, 0.3) is 5.69 Å². The maximum atomic E-state index is 11.0. The molecule has 0 saturated carbocycles. The number of nitro benzene ring substituents is 1. The Bertz CT molecular complexity index is 1010. The first kappa shape index (κ1) is 18.9. The van der Waals surface area contributed by atoms with Crippen LogP contribution in [0.15, 0.2) is 42.5 Å². The molecule has 0 saturated heterocycles. The van der Waals surface area contributed by atoms with Crippen molar-refractivity contribution in [2.75, 3.05) is 27.1 Å². The molecule has 0 spiro atoms. The molecule has 0 aliphatic heterocycles. The standard InChI is InChI=1S/C19H18N4O5/c1-26-16-8-12(9-17(27-2)18(16)28-3)15-10-14(21-19(20)22-15)11-5-4-6-13(7-11)23(24)25/h4-10H,1-3H3,(H2,20,21,22). The zero-order valence-electron chi connectivity index (χ0n) is 15.5. The van der Waals surface area contributed by atoms with Crippen molar-refractivity contribution in [1.29, 1.82) is 0 Å². The number of benzene rings is 2. The van der Waals surface area contributed by atoms with Gasteiger partial charge in [-0.3, -0.25) is 10.1 Å². The van der Waals surface area contributed by atoms with Gasteiger partial charge in [-0.25, -0.2) is 9.97 Å². The van der Waals surface area contributed by atoms with Gasteiger partial charge in [0.1, 0.15) is 0 Å². The summed E-state index contributed by atoms with van der Waals surface area (Å²) in [4.78, 5) is 19.1. The zero-order chi connectivity index (χ0) is 20.3. The number of nitrogens with two attached hydrogens (primary N) is 1. The van der Waals surface area contributed by atoms with Crippen molar-refractivity contribution >= 4 is 11.6 Å². The van der Waals surface area contributed by atoms with Crippen molar-refractivity contribution < 1.29 is 19.1 Å². The second-order valence-electron chi connectivity index (χ2n) is 5.72. The van der Waals surface area contributed by atoms with Crippen LogP contribution in [0, 0.1) is 10.1 Å². The maximum absolute atomic E-state index is 11.0. The molecule has 0 unspecified atom stereocenters. The fourth-order valence-electron chi connectivity index (χ4n) is 2.77. The molecule has 0 amide bonds. The molecule has 3 aromatic rings. The molecule has 9 nitrogen and oxygen atoms in total. The summed E-state index contributed by atoms with van der Waals surface area (Å²) in [7, 11) is 4.55. The van der Waals surface area contributed by atoms with E-state index in [2.05, 4.69) is 9.97 Å². The Labute approximate surface area is 160 Å². The minimum absolute atomic E-state index is 0.0350. The van der Waals surface area contributed by atoms with Crippen LogP contribution in [0.1, 0.15) is 0 Å². The molecule has 1 aromatic heterocycles. The van der Waals surface area contributed by atoms with Gasteiger partial charge in [0.15, 0.2) is 11.5 Å². The third-order valence-corrected chi connectivity index (χ3v) is 4.06. The molecule has 0 bridgehead atoms. The molecule has 3 rings (SSSR count). The molecule has 2 aromatic carbocycles. The maximum Gasteiger partial charge on any atom is 0.270 e. The number of aromatic nitrogens is 2. The van der Waals surface area contributed by atoms with Crippen LogP contribution >= 0.6 is 0 Å². The van der Waals surface area contributed by atoms with E-state index in [0.29, 0.717) is 39.8 Å². The molecule has 1 heterocycles. The van der Waals surface area contributed by atoms with E-state index in [0.717, 1.165) is 0 Å². The Morgan fingerprint density at radius 2 is 1.50 bits per heavy atom. The molecule has 144 valence electrons. The minimum Gasteiger partial charge on any atom is -0.493 e. The average Bonchev–Trinajstić information content (AvgIpc) is 2.72. The number of anilines is 1. The first-order valence-electron chi connectivity index (χ1n) is 8.16. The van der Waals surface area contributed by atoms with E-state index >= 15 is 0 Å². The first-order valence-corrected chi connectivity index (χ1v) is 8.16. The molecule has 0 atom stereocenters. The van der Waals surface area contributed by atoms with E-state index < -0.39 is 4.92 Å². The lowest BCUT2D eigenvalue weighted by molar-refractivity contribution is -0.384. The van der Waals surface area contributed by atoms with Crippen LogP contribution in [-0.2, 0) is 0 Å². The summed E-state index contributed by atoms with van der Waals surface area (Å²) in [5, 5.41) is 11.0. The Kier molecular flexibility index (Phi) is 5.25. The lowest BCUT2D eigenvalue weighted by atomic mass is 10.1. The number of nitrogen functional groups attached to an aromatic ring is 1. The average molecular weight is 382 g/mol. The van der Waals surface area contributed by atoms with E-state index in [9.17, 15) is 10.1 Å². The topological polar surface area (TPSA) is 123 Å². The fraction of sp³-hybridized carbons (Fsp3) is 0.158. The van der Waals surface area contributed by atoms with Crippen molar-refractivity contribution in [2.24, 2.45) is 0 Å². The summed E-state index contributed by atoms with van der Waals surface area (Å²) in [6.45, 7) is 0. The quantitative estimate of drug-likeness (QED) is 0.509. The summed E-state index contributed by atoms with van der Waals surface area (Å²) in [5.74, 6) is 1.42. The fourth-order valence-corrected chi connectivity index (χ4v) is 2.77. The Morgan fingerprint density at radius 1 is 0.893 bits per heavy atom. The molecule has 0 fully saturated rings. The van der Waals surface area contributed by atoms with Crippen LogP contribution < -0.4 is 19.9 Å². The van der Waals surface area contributed by atoms with Gasteiger partial charge in [-0.1, -0.05) is 12.1 Å². The van der Waals surface area contributed by atoms with Gasteiger partial charge in [-0.05, 0) is 18.2 Å². The molecule has 2 N–H and O–H groups in total. The van der Waals surface area contributed by atoms with Crippen LogP contribution in [0.25, 0.3) is 22.5 Å². The Hall–Kier alpha value is -3.88. The first-order chi connectivity index (χ1) is 13.5. The van der Waals surface area contributed by atoms with Crippen LogP contribution in [-0.4, -0.2) is 36.2 Å². The van der Waals surface area contributed by atoms with Crippen molar-refractivity contribution in [3.8, 4) is 39.8 Å². The molecule has 0 aliphatic carbocycles. The number of hydrogen-bond acceptors (Lipinski definition) is 8. The van der Waals surface area contributed by atoms with Crippen LogP contribution in [0.2, 0.25) is 0 Å². The van der Waals surface area contributed by atoms with E-state index in [-0.39, 0.29) is 11.6 Å². The molecule has 9 heteroatoms. The van der Waals surface area contributed by atoms with E-state index in [1.807, 2.05) is 0 Å². The highest BCUT2D eigenvalue weighted by Gasteiger charge is 2.16. The van der Waals surface area contributed by atoms with Gasteiger partial charge in [0, 0.05) is 23.3 Å². The smallest absolute Gasteiger partial charge is 0.270 e. The third-order valence-electron chi connectivity index (χ3n) is 4.06. The summed E-state index contributed by atoms with van der Waals surface area (Å²) in [6.07, 6.45) is 0. The van der Waals surface area contributed by atoms with Crippen LogP contribution in [0.4, 0.5) is 11.6 Å². The lowest BCUT2D eigenvalue weighted by Gasteiger charge is -2.14. The van der Waals surface area contributed by atoms with Gasteiger partial charge in [0.2, 0.25) is 11.7 Å². The highest BCUT2D eigenvalue weighted by Crippen LogP contribution is 2.41. The van der Waals surface area contributed by atoms with Gasteiger partial charge in [0.05, 0.1) is 37.6 Å². The molecular formula is C19H18N4O5. The van der Waals surface area contributed by atoms with Crippen molar-refractivity contribution in [3.63, 3.8) is 0 Å². The SMILES string of the molecule is COc1cc(-c2cc(-c3cccc([N+](=O)[O-])c3)nc(N)n2)cc(OC)c1OC. The zero-order valence-corrected chi connectivity index (χ0v) is 15.5. The molecule has 0 radical (unpaired) electrons. The van der Waals surface area contributed by atoms with E-state index in [1.165, 1.54) is 33.5 Å². The van der Waals surface area contributed by atoms with Gasteiger partial charge >= 0.3 is 0 Å². The van der Waals surface area contributed by atoms with Crippen molar-refractivity contribution in [2.45, 2.75) is 0 Å². The number of methoxy groups -OCH3 is 3. The van der Waals surface area contributed by atoms with E-state index in [1.54, 1.807) is 30.3 Å². The van der Waals surface area contributed by atoms with Gasteiger partial charge < -0.3 is 19.9 Å². The molecule has 28 heavy (non-hydrogen) atoms. The predicted octanol–water partition coefficient (Wildman–Crippen LogP) is 3.33. The molecule has 0 aliphatic rings. The van der Waals surface area contributed by atoms with Gasteiger partial charge in [-0.2, -0.15) is 0 Å². The highest BCUT2D eigenvalue weighted by molar-refractivity contribution is 5.73. The van der Waals surface area contributed by atoms with Crippen molar-refractivity contribution in [3.05, 3.63) is 52.6 Å². The monoisotopic (exact) mass is 382 g/mol. The number of ether oxygens (including phenoxy) is 3. The molecular weight excluding hydrogens is 364 g/mol. The summed E-state index contributed by atoms with van der Waals surface area (Å²) in [5.41, 5.74) is 8.03. The number of rotatable bonds is 6. The minimum atomic E-state index is -0.464. The summed E-state index contributed by atoms with van der Waals surface area (Å²) < 4.78 is 16.1. The number of non-ortho nitro benzene ring substituents is 1. The second-order valence-corrected chi connectivity index (χ2v) is 5.72. The van der Waals surface area contributed by atoms with Crippen molar-refractivity contribution in [1.82, 2.24) is 9.97 Å². The lowest BCUT2D eigenvalue weighted by Crippen LogP contribution is -2.00. The van der Waals surface area contributed by atoms with Crippen LogP contribution in [0.3, 0.4) is 0 Å². The normalized spacial score (nSPS) is 10.4. The van der Waals surface area contributed by atoms with E-state index in [4.69, 9.17) is 19.9 Å². The second kappa shape index (κ2) is 7.78.